The molecule has 3 aromatic rings. The molecule has 0 unspecified atom stereocenters. The second-order valence-corrected chi connectivity index (χ2v) is 12.7. The number of nitrogens with zero attached hydrogens (tertiary/aromatic N) is 2. The molecule has 0 amide bonds. The molecule has 0 saturated heterocycles. The van der Waals surface area contributed by atoms with Crippen LogP contribution in [-0.4, -0.2) is 16.9 Å². The fourth-order valence-corrected chi connectivity index (χ4v) is 3.69. The first-order chi connectivity index (χ1) is 17.6. The Kier molecular flexibility index (Phi) is 11.3. The van der Waals surface area contributed by atoms with Gasteiger partial charge in [-0.25, -0.2) is 4.99 Å². The number of para-hydroxylation sites is 2. The molecule has 212 valence electrons. The Labute approximate surface area is 249 Å². The number of fused-ring (bicyclic) bond motifs is 1. The molecule has 0 bridgehead atoms. The summed E-state index contributed by atoms with van der Waals surface area (Å²) in [7, 11) is 0. The molecule has 0 radical (unpaired) electrons. The van der Waals surface area contributed by atoms with Crippen molar-refractivity contribution < 1.29 is 42.9 Å². The average molecular weight is 606 g/mol. The van der Waals surface area contributed by atoms with Gasteiger partial charge in [-0.1, -0.05) is 110 Å². The number of rotatable bonds is 2. The summed E-state index contributed by atoms with van der Waals surface area (Å²) in [6.45, 7) is 18.9. The number of hydrogen-bond acceptors (Lipinski definition) is 4. The summed E-state index contributed by atoms with van der Waals surface area (Å²) in [6, 6.07) is 14.2. The van der Waals surface area contributed by atoms with Crippen LogP contribution < -0.4 is 10.2 Å². The summed E-state index contributed by atoms with van der Waals surface area (Å²) in [6.07, 6.45) is -4.17. The Bertz CT molecular complexity index is 1340. The molecule has 0 fully saturated rings. The Morgan fingerprint density at radius 1 is 0.800 bits per heavy atom. The quantitative estimate of drug-likeness (QED) is 0.170. The van der Waals surface area contributed by atoms with Gasteiger partial charge in [0.25, 0.3) is 0 Å². The zero-order valence-corrected chi connectivity index (χ0v) is 28.2. The maximum Gasteiger partial charge on any atom is 2.00 e. The number of hydrogen-bond donors (Lipinski definition) is 0. The summed E-state index contributed by atoms with van der Waals surface area (Å²) in [5.41, 5.74) is 0.671. The molecule has 0 aliphatic rings. The van der Waals surface area contributed by atoms with Crippen LogP contribution in [0, 0.1) is 12.3 Å². The van der Waals surface area contributed by atoms with Gasteiger partial charge in [0.05, 0.1) is 11.2 Å². The van der Waals surface area contributed by atoms with E-state index in [2.05, 4.69) is 51.5 Å². The van der Waals surface area contributed by atoms with Crippen molar-refractivity contribution in [3.63, 3.8) is 0 Å². The van der Waals surface area contributed by atoms with Crippen molar-refractivity contribution in [3.05, 3.63) is 77.2 Å². The van der Waals surface area contributed by atoms with Gasteiger partial charge in [0, 0.05) is 11.1 Å². The summed E-state index contributed by atoms with van der Waals surface area (Å²) < 4.78 is 39.9. The number of halogens is 3. The second kappa shape index (κ2) is 12.8. The van der Waals surface area contributed by atoms with Crippen LogP contribution >= 0.6 is 0 Å². The molecule has 2 aromatic carbocycles. The molecule has 0 atom stereocenters. The van der Waals surface area contributed by atoms with Crippen LogP contribution in [0.2, 0.25) is 0 Å². The maximum absolute atomic E-state index is 13.3. The molecule has 0 aliphatic heterocycles. The van der Waals surface area contributed by atoms with Gasteiger partial charge < -0.3 is 10.2 Å². The van der Waals surface area contributed by atoms with Gasteiger partial charge in [0.2, 0.25) is 0 Å². The SMILES string of the molecule is CC(C)(C)c1cccc(C(C)(C)C)c1[O-].Cc1ccc2cccc(N=C(/C=C(\[O-])C(C)(C)C)C(F)(F)F)c2n1.[Zn+2]. The number of alkyl halides is 3. The van der Waals surface area contributed by atoms with Crippen molar-refractivity contribution in [2.75, 3.05) is 0 Å². The van der Waals surface area contributed by atoms with Crippen LogP contribution in [0.1, 0.15) is 79.1 Å². The van der Waals surface area contributed by atoms with E-state index in [9.17, 15) is 23.4 Å². The number of aryl methyl sites for hydroxylation is 1. The predicted octanol–water partition coefficient (Wildman–Crippen LogP) is 7.82. The summed E-state index contributed by atoms with van der Waals surface area (Å²) >= 11 is 0. The van der Waals surface area contributed by atoms with Gasteiger partial charge in [-0.3, -0.25) is 4.98 Å². The number of pyridine rings is 1. The molecule has 1 aromatic heterocycles. The van der Waals surface area contributed by atoms with Crippen LogP contribution in [0.25, 0.3) is 10.9 Å². The third-order valence-corrected chi connectivity index (χ3v) is 6.01. The van der Waals surface area contributed by atoms with E-state index in [1.165, 1.54) is 6.07 Å². The zero-order valence-electron chi connectivity index (χ0n) is 25.2. The van der Waals surface area contributed by atoms with Crippen LogP contribution in [-0.2, 0) is 30.3 Å². The number of aromatic nitrogens is 1. The van der Waals surface area contributed by atoms with Crippen molar-refractivity contribution in [3.8, 4) is 5.75 Å². The first kappa shape index (κ1) is 35.3. The van der Waals surface area contributed by atoms with Gasteiger partial charge in [-0.2, -0.15) is 13.2 Å². The smallest absolute Gasteiger partial charge is 0.875 e. The van der Waals surface area contributed by atoms with Gasteiger partial charge in [0.15, 0.2) is 0 Å². The molecular weight excluding hydrogens is 567 g/mol. The third-order valence-electron chi connectivity index (χ3n) is 6.01. The molecule has 0 spiro atoms. The summed E-state index contributed by atoms with van der Waals surface area (Å²) in [4.78, 5) is 7.97. The Morgan fingerprint density at radius 2 is 1.30 bits per heavy atom. The van der Waals surface area contributed by atoms with E-state index in [0.29, 0.717) is 22.7 Å². The fraction of sp³-hybridized carbons (Fsp3) is 0.438. The predicted molar refractivity (Wildman–Crippen MR) is 150 cm³/mol. The standard InChI is InChI=1S/C18H19F3N2O.C14H22O.Zn/c1-11-8-9-12-6-5-7-13(16(12)22-11)23-14(18(19,20)21)10-15(24)17(2,3)4;1-13(2,3)10-8-7-9-11(12(10)15)14(4,5)6;/h5-10,24H,1-4H3;7-9,15H,1-6H3;/q;;+2/p-2/b15-10-,23-14?;;. The van der Waals surface area contributed by atoms with Crippen molar-refractivity contribution in [1.82, 2.24) is 4.98 Å². The van der Waals surface area contributed by atoms with Gasteiger partial charge in [-0.15, -0.1) is 11.5 Å². The first-order valence-corrected chi connectivity index (χ1v) is 12.8. The van der Waals surface area contributed by atoms with Crippen molar-refractivity contribution in [1.29, 1.82) is 0 Å². The van der Waals surface area contributed by atoms with Gasteiger partial charge in [0.1, 0.15) is 5.71 Å². The zero-order chi connectivity index (χ0) is 30.0. The normalized spacial score (nSPS) is 13.4. The average Bonchev–Trinajstić information content (AvgIpc) is 2.76. The van der Waals surface area contributed by atoms with Crippen molar-refractivity contribution in [2.45, 2.75) is 86.2 Å². The minimum absolute atomic E-state index is 0. The number of aliphatic imine (C=N–C) groups is 1. The topological polar surface area (TPSA) is 71.4 Å². The minimum atomic E-state index is -4.73. The molecule has 40 heavy (non-hydrogen) atoms. The third kappa shape index (κ3) is 9.43. The summed E-state index contributed by atoms with van der Waals surface area (Å²) in [5, 5.41) is 24.9. The summed E-state index contributed by atoms with van der Waals surface area (Å²) in [5.74, 6) is -0.430. The van der Waals surface area contributed by atoms with E-state index in [-0.39, 0.29) is 41.7 Å². The molecule has 3 rings (SSSR count). The van der Waals surface area contributed by atoms with Crippen molar-refractivity contribution >= 4 is 22.3 Å². The van der Waals surface area contributed by atoms with E-state index in [0.717, 1.165) is 11.1 Å². The van der Waals surface area contributed by atoms with Gasteiger partial charge >= 0.3 is 25.7 Å². The van der Waals surface area contributed by atoms with Crippen LogP contribution in [0.4, 0.5) is 18.9 Å². The van der Waals surface area contributed by atoms with E-state index in [1.807, 2.05) is 18.2 Å². The molecule has 0 saturated carbocycles. The van der Waals surface area contributed by atoms with Gasteiger partial charge in [-0.05, 0) is 41.4 Å². The monoisotopic (exact) mass is 604 g/mol. The van der Waals surface area contributed by atoms with E-state index >= 15 is 0 Å². The maximum atomic E-state index is 13.3. The Morgan fingerprint density at radius 3 is 1.75 bits per heavy atom. The molecule has 0 aliphatic carbocycles. The largest absolute Gasteiger partial charge is 2.00 e. The number of benzene rings is 2. The Balaban J connectivity index is 0.000000432. The first-order valence-electron chi connectivity index (χ1n) is 12.8. The van der Waals surface area contributed by atoms with Crippen LogP contribution in [0.15, 0.2) is 65.4 Å². The van der Waals surface area contributed by atoms with Crippen LogP contribution in [0.3, 0.4) is 0 Å². The molecule has 0 N–H and O–H groups in total. The van der Waals surface area contributed by atoms with E-state index in [1.54, 1.807) is 52.0 Å². The molecular formula is C32H39F3N2O2Zn. The van der Waals surface area contributed by atoms with E-state index in [4.69, 9.17) is 0 Å². The van der Waals surface area contributed by atoms with Crippen LogP contribution in [0.5, 0.6) is 5.75 Å². The number of allylic oxidation sites excluding steroid dienone is 2. The molecule has 4 nitrogen and oxygen atoms in total. The molecule has 1 heterocycles. The minimum Gasteiger partial charge on any atom is -0.875 e. The second-order valence-electron chi connectivity index (χ2n) is 12.7. The Hall–Kier alpha value is -2.73. The molecule has 8 heteroatoms. The van der Waals surface area contributed by atoms with Crippen molar-refractivity contribution in [2.24, 2.45) is 10.4 Å². The fourth-order valence-electron chi connectivity index (χ4n) is 3.69. The van der Waals surface area contributed by atoms with E-state index < -0.39 is 23.1 Å².